The Bertz CT molecular complexity index is 1300. The molecule has 5 rings (SSSR count). The third-order valence-corrected chi connectivity index (χ3v) is 7.31. The second-order valence-electron chi connectivity index (χ2n) is 9.78. The number of hydrogen-bond acceptors (Lipinski definition) is 5. The molecule has 2 atom stereocenters. The normalized spacial score (nSPS) is 21.1. The maximum Gasteiger partial charge on any atom is 0.137 e. The maximum atomic E-state index is 14.9. The zero-order chi connectivity index (χ0) is 24.6. The van der Waals surface area contributed by atoms with E-state index in [4.69, 9.17) is 0 Å². The van der Waals surface area contributed by atoms with E-state index in [1.807, 2.05) is 12.1 Å². The molecule has 0 saturated heterocycles. The average molecular weight is 481 g/mol. The molecule has 0 aliphatic heterocycles. The van der Waals surface area contributed by atoms with E-state index in [9.17, 15) is 13.9 Å². The van der Waals surface area contributed by atoms with Crippen molar-refractivity contribution in [2.75, 3.05) is 5.32 Å². The number of fused-ring (bicyclic) bond motifs is 1. The Morgan fingerprint density at radius 3 is 2.63 bits per heavy atom. The van der Waals surface area contributed by atoms with Crippen LogP contribution in [0.5, 0.6) is 0 Å². The number of rotatable bonds is 7. The van der Waals surface area contributed by atoms with Gasteiger partial charge in [0.25, 0.3) is 0 Å². The molecule has 0 spiro atoms. The van der Waals surface area contributed by atoms with Crippen molar-refractivity contribution >= 4 is 16.6 Å². The van der Waals surface area contributed by atoms with E-state index in [1.54, 1.807) is 17.8 Å². The third kappa shape index (κ3) is 4.65. The molecule has 35 heavy (non-hydrogen) atoms. The summed E-state index contributed by atoms with van der Waals surface area (Å²) >= 11 is 0. The Hall–Kier alpha value is -3.33. The van der Waals surface area contributed by atoms with Crippen molar-refractivity contribution in [3.8, 4) is 0 Å². The highest BCUT2D eigenvalue weighted by Crippen LogP contribution is 2.38. The molecule has 0 amide bonds. The molecule has 2 aromatic heterocycles. The Morgan fingerprint density at radius 2 is 1.91 bits per heavy atom. The Balaban J connectivity index is 1.47. The molecule has 1 aliphatic rings. The highest BCUT2D eigenvalue weighted by molar-refractivity contribution is 5.82. The van der Waals surface area contributed by atoms with Crippen LogP contribution in [0.3, 0.4) is 0 Å². The maximum absolute atomic E-state index is 14.9. The number of aromatic nitrogens is 5. The van der Waals surface area contributed by atoms with Crippen LogP contribution in [0, 0.1) is 17.6 Å². The van der Waals surface area contributed by atoms with Crippen LogP contribution in [0.25, 0.3) is 10.9 Å². The van der Waals surface area contributed by atoms with Crippen molar-refractivity contribution < 1.29 is 13.9 Å². The predicted molar refractivity (Wildman–Crippen MR) is 130 cm³/mol. The van der Waals surface area contributed by atoms with Crippen molar-refractivity contribution in [2.24, 2.45) is 5.92 Å². The first-order valence-corrected chi connectivity index (χ1v) is 12.1. The first-order chi connectivity index (χ1) is 16.8. The summed E-state index contributed by atoms with van der Waals surface area (Å²) in [5.41, 5.74) is 0.0297. The number of aliphatic hydroxyl groups is 1. The molecular weight excluding hydrogens is 450 g/mol. The Labute approximate surface area is 202 Å². The summed E-state index contributed by atoms with van der Waals surface area (Å²) in [6.07, 6.45) is 9.33. The largest absolute Gasteiger partial charge is 0.382 e. The fraction of sp³-hybridized carbons (Fsp3) is 0.423. The fourth-order valence-corrected chi connectivity index (χ4v) is 5.14. The van der Waals surface area contributed by atoms with Gasteiger partial charge in [-0.15, -0.1) is 0 Å². The lowest BCUT2D eigenvalue weighted by molar-refractivity contribution is -0.0354. The van der Waals surface area contributed by atoms with Crippen LogP contribution in [0.4, 0.5) is 14.5 Å². The van der Waals surface area contributed by atoms with E-state index in [2.05, 4.69) is 33.5 Å². The van der Waals surface area contributed by atoms with Crippen molar-refractivity contribution in [3.63, 3.8) is 0 Å². The number of nitrogens with zero attached hydrogens (tertiary/aromatic N) is 5. The average Bonchev–Trinajstić information content (AvgIpc) is 3.49. The minimum absolute atomic E-state index is 0.0321. The lowest BCUT2D eigenvalue weighted by atomic mass is 9.86. The van der Waals surface area contributed by atoms with Gasteiger partial charge in [-0.1, -0.05) is 13.0 Å². The van der Waals surface area contributed by atoms with Gasteiger partial charge in [-0.25, -0.2) is 18.4 Å². The monoisotopic (exact) mass is 480 g/mol. The summed E-state index contributed by atoms with van der Waals surface area (Å²) in [4.78, 5) is 3.93. The molecule has 1 fully saturated rings. The number of hydrogen-bond donors (Lipinski definition) is 2. The van der Waals surface area contributed by atoms with Gasteiger partial charge in [0.05, 0.1) is 24.3 Å². The molecule has 0 unspecified atom stereocenters. The molecule has 1 aliphatic carbocycles. The van der Waals surface area contributed by atoms with Crippen LogP contribution in [-0.4, -0.2) is 35.7 Å². The summed E-state index contributed by atoms with van der Waals surface area (Å²) in [6, 6.07) is 8.98. The minimum atomic E-state index is -1.78. The molecule has 184 valence electrons. The van der Waals surface area contributed by atoms with E-state index in [-0.39, 0.29) is 12.1 Å². The van der Waals surface area contributed by atoms with E-state index in [1.165, 1.54) is 36.2 Å². The summed E-state index contributed by atoms with van der Waals surface area (Å²) in [7, 11) is 0. The van der Waals surface area contributed by atoms with Gasteiger partial charge in [0, 0.05) is 28.7 Å². The van der Waals surface area contributed by atoms with Crippen LogP contribution in [0.15, 0.2) is 55.2 Å². The van der Waals surface area contributed by atoms with Crippen LogP contribution < -0.4 is 5.32 Å². The van der Waals surface area contributed by atoms with Gasteiger partial charge < -0.3 is 10.4 Å². The highest BCUT2D eigenvalue weighted by Gasteiger charge is 2.41. The van der Waals surface area contributed by atoms with Crippen molar-refractivity contribution in [1.82, 2.24) is 24.5 Å². The van der Waals surface area contributed by atoms with E-state index < -0.39 is 23.3 Å². The van der Waals surface area contributed by atoms with Crippen molar-refractivity contribution in [3.05, 3.63) is 72.4 Å². The second-order valence-corrected chi connectivity index (χ2v) is 9.78. The third-order valence-electron chi connectivity index (χ3n) is 7.31. The number of nitrogens with one attached hydrogen (secondary N) is 1. The van der Waals surface area contributed by atoms with E-state index in [0.29, 0.717) is 6.04 Å². The minimum Gasteiger partial charge on any atom is -0.382 e. The summed E-state index contributed by atoms with van der Waals surface area (Å²) in [6.45, 7) is 3.99. The van der Waals surface area contributed by atoms with Crippen LogP contribution in [-0.2, 0) is 12.1 Å². The zero-order valence-electron chi connectivity index (χ0n) is 19.9. The summed E-state index contributed by atoms with van der Waals surface area (Å²) in [5.74, 6) is -0.749. The molecule has 4 aromatic rings. The molecule has 1 saturated carbocycles. The SMILES string of the molecule is CC1CCC(Nc2ccc3c(cnn3[C@H](C)[C@](O)(Cn3cncn3)c3ccc(F)cc3F)c2)CC1. The van der Waals surface area contributed by atoms with Gasteiger partial charge >= 0.3 is 0 Å². The molecule has 2 heterocycles. The Kier molecular flexibility index (Phi) is 6.27. The fourth-order valence-electron chi connectivity index (χ4n) is 5.14. The highest BCUT2D eigenvalue weighted by atomic mass is 19.1. The van der Waals surface area contributed by atoms with Gasteiger partial charge in [0.2, 0.25) is 0 Å². The lowest BCUT2D eigenvalue weighted by Crippen LogP contribution is -2.41. The molecule has 0 radical (unpaired) electrons. The summed E-state index contributed by atoms with van der Waals surface area (Å²) < 4.78 is 31.7. The molecule has 9 heteroatoms. The first-order valence-electron chi connectivity index (χ1n) is 12.1. The van der Waals surface area contributed by atoms with Gasteiger partial charge in [-0.3, -0.25) is 4.68 Å². The van der Waals surface area contributed by atoms with Crippen LogP contribution in [0.2, 0.25) is 0 Å². The van der Waals surface area contributed by atoms with Gasteiger partial charge in [0.15, 0.2) is 0 Å². The Morgan fingerprint density at radius 1 is 1.11 bits per heavy atom. The van der Waals surface area contributed by atoms with Gasteiger partial charge in [0.1, 0.15) is 29.9 Å². The van der Waals surface area contributed by atoms with Crippen LogP contribution >= 0.6 is 0 Å². The second kappa shape index (κ2) is 9.37. The smallest absolute Gasteiger partial charge is 0.137 e. The zero-order valence-corrected chi connectivity index (χ0v) is 19.9. The van der Waals surface area contributed by atoms with Crippen molar-refractivity contribution in [1.29, 1.82) is 0 Å². The molecule has 7 nitrogen and oxygen atoms in total. The molecule has 2 aromatic carbocycles. The van der Waals surface area contributed by atoms with Gasteiger partial charge in [-0.2, -0.15) is 10.2 Å². The van der Waals surface area contributed by atoms with E-state index >= 15 is 0 Å². The number of anilines is 1. The molecular formula is C26H30F2N6O. The molecule has 2 N–H and O–H groups in total. The standard InChI is InChI=1S/C26H30F2N6O/c1-17-3-6-21(7-4-17)32-22-8-10-25-19(11-22)13-30-34(25)18(2)26(35,14-33-16-29-15-31-33)23-9-5-20(27)12-24(23)28/h5,8-13,15-18,21,32,35H,3-4,6-7,14H2,1-2H3/t17?,18-,21?,26-/m1/s1. The topological polar surface area (TPSA) is 80.8 Å². The predicted octanol–water partition coefficient (Wildman–Crippen LogP) is 5.05. The van der Waals surface area contributed by atoms with Gasteiger partial charge in [-0.05, 0) is 62.8 Å². The number of halogens is 2. The lowest BCUT2D eigenvalue weighted by Gasteiger charge is -2.35. The quantitative estimate of drug-likeness (QED) is 0.387. The van der Waals surface area contributed by atoms with E-state index in [0.717, 1.165) is 47.5 Å². The number of benzene rings is 2. The summed E-state index contributed by atoms with van der Waals surface area (Å²) in [5, 5.41) is 25.1. The molecule has 0 bridgehead atoms. The first kappa shape index (κ1) is 23.4. The van der Waals surface area contributed by atoms with Crippen molar-refractivity contribution in [2.45, 2.75) is 63.8 Å². The van der Waals surface area contributed by atoms with Crippen LogP contribution in [0.1, 0.15) is 51.1 Å².